The molecule has 0 heterocycles. The van der Waals surface area contributed by atoms with E-state index in [4.69, 9.17) is 34.9 Å². The number of carboxylic acid groups (broad SMARTS) is 2. The Bertz CT molecular complexity index is 392. The molecule has 0 aromatic heterocycles. The van der Waals surface area contributed by atoms with Gasteiger partial charge in [-0.1, -0.05) is 0 Å². The second-order valence-electron chi connectivity index (χ2n) is 4.72. The average Bonchev–Trinajstić information content (AvgIpc) is 2.55. The van der Waals surface area contributed by atoms with Gasteiger partial charge in [-0.15, -0.1) is 0 Å². The molecule has 0 spiro atoms. The molecule has 4 N–H and O–H groups in total. The summed E-state index contributed by atoms with van der Waals surface area (Å²) in [6.07, 6.45) is 0. The molecule has 25 heavy (non-hydrogen) atoms. The van der Waals surface area contributed by atoms with Gasteiger partial charge >= 0.3 is 11.9 Å². The van der Waals surface area contributed by atoms with Gasteiger partial charge in [-0.25, -0.2) is 4.79 Å². The highest BCUT2D eigenvalue weighted by atomic mass is 16.5. The molecule has 0 atom stereocenters. The number of nitrogens with two attached hydrogens (primary N) is 1. The molecule has 0 radical (unpaired) electrons. The summed E-state index contributed by atoms with van der Waals surface area (Å²) in [5.74, 6) is -2.71. The number of amides is 1. The Balaban J connectivity index is 3.91. The zero-order valence-corrected chi connectivity index (χ0v) is 14.1. The Hall–Kier alpha value is -1.79. The molecule has 0 aromatic carbocycles. The molecule has 0 fully saturated rings. The summed E-state index contributed by atoms with van der Waals surface area (Å²) in [4.78, 5) is 34.1. The van der Waals surface area contributed by atoms with Crippen LogP contribution in [0, 0.1) is 0 Å². The molecule has 0 aliphatic rings. The first-order valence-corrected chi connectivity index (χ1v) is 7.69. The Morgan fingerprint density at radius 2 is 1.32 bits per heavy atom. The fourth-order valence-corrected chi connectivity index (χ4v) is 1.56. The molecule has 0 aliphatic heterocycles. The molecule has 0 bridgehead atoms. The Labute approximate surface area is 145 Å². The lowest BCUT2D eigenvalue weighted by molar-refractivity contribution is -0.147. The van der Waals surface area contributed by atoms with E-state index >= 15 is 0 Å². The number of carboxylic acids is 2. The normalized spacial score (nSPS) is 10.6. The summed E-state index contributed by atoms with van der Waals surface area (Å²) in [5, 5.41) is 17.2. The van der Waals surface area contributed by atoms with Crippen LogP contribution in [0.5, 0.6) is 0 Å². The van der Waals surface area contributed by atoms with E-state index in [1.54, 1.807) is 0 Å². The van der Waals surface area contributed by atoms with Gasteiger partial charge in [0.1, 0.15) is 19.8 Å². The van der Waals surface area contributed by atoms with Crippen LogP contribution in [-0.2, 0) is 33.3 Å². The van der Waals surface area contributed by atoms with E-state index in [2.05, 4.69) is 0 Å². The lowest BCUT2D eigenvalue weighted by Crippen LogP contribution is -2.40. The fraction of sp³-hybridized carbons (Fsp3) is 0.786. The quantitative estimate of drug-likeness (QED) is 0.246. The molecule has 0 saturated heterocycles. The molecule has 0 aliphatic carbocycles. The Morgan fingerprint density at radius 3 is 1.88 bits per heavy atom. The summed E-state index contributed by atoms with van der Waals surface area (Å²) in [7, 11) is 0. The van der Waals surface area contributed by atoms with Crippen LogP contribution >= 0.6 is 0 Å². The summed E-state index contributed by atoms with van der Waals surface area (Å²) in [6.45, 7) is 0.523. The second-order valence-corrected chi connectivity index (χ2v) is 4.72. The van der Waals surface area contributed by atoms with E-state index in [1.807, 2.05) is 0 Å². The first kappa shape index (κ1) is 23.2. The lowest BCUT2D eigenvalue weighted by atomic mass is 10.4. The molecule has 146 valence electrons. The van der Waals surface area contributed by atoms with Gasteiger partial charge in [-0.05, 0) is 0 Å². The topological polar surface area (TPSA) is 158 Å². The number of hydrogen-bond donors (Lipinski definition) is 3. The predicted molar refractivity (Wildman–Crippen MR) is 84.2 cm³/mol. The maximum Gasteiger partial charge on any atom is 0.329 e. The van der Waals surface area contributed by atoms with Crippen molar-refractivity contribution in [2.45, 2.75) is 0 Å². The van der Waals surface area contributed by atoms with Gasteiger partial charge in [0.2, 0.25) is 5.91 Å². The highest BCUT2D eigenvalue weighted by Gasteiger charge is 2.16. The van der Waals surface area contributed by atoms with E-state index in [0.717, 1.165) is 4.90 Å². The van der Waals surface area contributed by atoms with Gasteiger partial charge in [-0.2, -0.15) is 0 Å². The van der Waals surface area contributed by atoms with Crippen LogP contribution in [0.3, 0.4) is 0 Å². The summed E-state index contributed by atoms with van der Waals surface area (Å²) in [5.41, 5.74) is 5.25. The standard InChI is InChI=1S/C14H26N2O9/c15-1-3-22-5-7-24-10-12(17)16(9-13(18)19)2-4-23-6-8-25-11-14(20)21/h1-11,15H2,(H,18,19)(H,20,21). The van der Waals surface area contributed by atoms with Crippen molar-refractivity contribution in [3.63, 3.8) is 0 Å². The van der Waals surface area contributed by atoms with Gasteiger partial charge in [-0.3, -0.25) is 9.59 Å². The van der Waals surface area contributed by atoms with Crippen molar-refractivity contribution in [1.82, 2.24) is 4.90 Å². The number of aliphatic carboxylic acids is 2. The van der Waals surface area contributed by atoms with E-state index < -0.39 is 31.0 Å². The van der Waals surface area contributed by atoms with Gasteiger partial charge in [0.05, 0.1) is 39.6 Å². The minimum absolute atomic E-state index is 0.0666. The first-order chi connectivity index (χ1) is 12.0. The zero-order valence-electron chi connectivity index (χ0n) is 14.1. The zero-order chi connectivity index (χ0) is 18.9. The van der Waals surface area contributed by atoms with E-state index in [1.165, 1.54) is 0 Å². The second kappa shape index (κ2) is 15.7. The van der Waals surface area contributed by atoms with Crippen molar-refractivity contribution >= 4 is 17.8 Å². The van der Waals surface area contributed by atoms with Gasteiger partial charge in [0.25, 0.3) is 0 Å². The number of nitrogens with zero attached hydrogens (tertiary/aromatic N) is 1. The fourth-order valence-electron chi connectivity index (χ4n) is 1.56. The highest BCUT2D eigenvalue weighted by Crippen LogP contribution is 1.93. The van der Waals surface area contributed by atoms with Gasteiger partial charge < -0.3 is 39.8 Å². The van der Waals surface area contributed by atoms with Crippen LogP contribution in [0.1, 0.15) is 0 Å². The van der Waals surface area contributed by atoms with Crippen LogP contribution in [-0.4, -0.2) is 105 Å². The van der Waals surface area contributed by atoms with Crippen molar-refractivity contribution in [3.8, 4) is 0 Å². The monoisotopic (exact) mass is 366 g/mol. The number of hydrogen-bond acceptors (Lipinski definition) is 8. The third kappa shape index (κ3) is 15.5. The van der Waals surface area contributed by atoms with Crippen LogP contribution in [0.4, 0.5) is 0 Å². The average molecular weight is 366 g/mol. The molecular weight excluding hydrogens is 340 g/mol. The molecular formula is C14H26N2O9. The highest BCUT2D eigenvalue weighted by molar-refractivity contribution is 5.82. The van der Waals surface area contributed by atoms with Gasteiger partial charge in [0, 0.05) is 13.1 Å². The number of carbonyl (C=O) groups excluding carboxylic acids is 1. The third-order valence-corrected chi connectivity index (χ3v) is 2.64. The van der Waals surface area contributed by atoms with Gasteiger partial charge in [0.15, 0.2) is 0 Å². The lowest BCUT2D eigenvalue weighted by Gasteiger charge is -2.20. The molecule has 0 unspecified atom stereocenters. The van der Waals surface area contributed by atoms with Crippen molar-refractivity contribution in [1.29, 1.82) is 0 Å². The first-order valence-electron chi connectivity index (χ1n) is 7.69. The number of carbonyl (C=O) groups is 3. The number of ether oxygens (including phenoxy) is 4. The molecule has 11 heteroatoms. The minimum Gasteiger partial charge on any atom is -0.480 e. The van der Waals surface area contributed by atoms with Crippen LogP contribution < -0.4 is 5.73 Å². The largest absolute Gasteiger partial charge is 0.480 e. The summed E-state index contributed by atoms with van der Waals surface area (Å²) >= 11 is 0. The predicted octanol–water partition coefficient (Wildman–Crippen LogP) is -1.99. The summed E-state index contributed by atoms with van der Waals surface area (Å²) < 4.78 is 20.1. The Kier molecular flexibility index (Phi) is 14.6. The van der Waals surface area contributed by atoms with Crippen molar-refractivity contribution in [3.05, 3.63) is 0 Å². The number of rotatable bonds is 17. The van der Waals surface area contributed by atoms with Crippen molar-refractivity contribution < 1.29 is 43.5 Å². The van der Waals surface area contributed by atoms with E-state index in [9.17, 15) is 14.4 Å². The molecule has 11 nitrogen and oxygen atoms in total. The van der Waals surface area contributed by atoms with Crippen molar-refractivity contribution in [2.75, 3.05) is 72.5 Å². The summed E-state index contributed by atoms with van der Waals surface area (Å²) in [6, 6.07) is 0. The smallest absolute Gasteiger partial charge is 0.329 e. The maximum atomic E-state index is 11.9. The SMILES string of the molecule is NCCOCCOCC(=O)N(CCOCCOCC(=O)O)CC(=O)O. The minimum atomic E-state index is -1.15. The Morgan fingerprint density at radius 1 is 0.760 bits per heavy atom. The van der Waals surface area contributed by atoms with Crippen molar-refractivity contribution in [2.24, 2.45) is 5.73 Å². The van der Waals surface area contributed by atoms with E-state index in [-0.39, 0.29) is 39.6 Å². The molecule has 1 amide bonds. The van der Waals surface area contributed by atoms with Crippen LogP contribution in [0.15, 0.2) is 0 Å². The molecule has 0 rings (SSSR count). The maximum absolute atomic E-state index is 11.9. The molecule has 0 aromatic rings. The van der Waals surface area contributed by atoms with E-state index in [0.29, 0.717) is 19.8 Å². The third-order valence-electron chi connectivity index (χ3n) is 2.64. The van der Waals surface area contributed by atoms with Crippen LogP contribution in [0.25, 0.3) is 0 Å². The molecule has 0 saturated carbocycles. The van der Waals surface area contributed by atoms with Crippen LogP contribution in [0.2, 0.25) is 0 Å².